The van der Waals surface area contributed by atoms with E-state index < -0.39 is 17.6 Å². The minimum absolute atomic E-state index is 0.0197. The fourth-order valence-corrected chi connectivity index (χ4v) is 5.49. The molecule has 10 heteroatoms. The third-order valence-electron chi connectivity index (χ3n) is 6.67. The number of thioether (sulfide) groups is 1. The summed E-state index contributed by atoms with van der Waals surface area (Å²) in [5.41, 5.74) is 3.23. The maximum Gasteiger partial charge on any atom is 0.573 e. The van der Waals surface area contributed by atoms with Gasteiger partial charge in [0.15, 0.2) is 0 Å². The lowest BCUT2D eigenvalue weighted by molar-refractivity contribution is -0.274. The van der Waals surface area contributed by atoms with Gasteiger partial charge in [-0.05, 0) is 86.6 Å². The minimum atomic E-state index is -4.78. The zero-order valence-corrected chi connectivity index (χ0v) is 22.8. The molecule has 0 heterocycles. The second-order valence-electron chi connectivity index (χ2n) is 9.63. The summed E-state index contributed by atoms with van der Waals surface area (Å²) < 4.78 is 41.7. The maximum absolute atomic E-state index is 13.4. The zero-order chi connectivity index (χ0) is 27.9. The van der Waals surface area contributed by atoms with Crippen molar-refractivity contribution in [2.75, 3.05) is 11.9 Å². The normalized spacial score (nSPS) is 15.9. The lowest BCUT2D eigenvalue weighted by atomic mass is 9.87. The number of benzene rings is 2. The monoisotopic (exact) mass is 552 g/mol. The number of carbonyl (C=O) groups excluding carboxylic acids is 1. The molecule has 3 rings (SSSR count). The lowest BCUT2D eigenvalue weighted by Crippen LogP contribution is -2.46. The Morgan fingerprint density at radius 3 is 2.58 bits per heavy atom. The number of halogens is 3. The Bertz CT molecular complexity index is 1130. The first-order chi connectivity index (χ1) is 18.0. The Hall–Kier alpha value is -2.88. The highest BCUT2D eigenvalue weighted by molar-refractivity contribution is 8.00. The second-order valence-corrected chi connectivity index (χ2v) is 11.0. The number of nitrogens with one attached hydrogen (secondary N) is 1. The van der Waals surface area contributed by atoms with Gasteiger partial charge in [0, 0.05) is 23.2 Å². The largest absolute Gasteiger partial charge is 0.573 e. The Kier molecular flexibility index (Phi) is 10.4. The highest BCUT2D eigenvalue weighted by Gasteiger charge is 2.32. The molecule has 0 bridgehead atoms. The van der Waals surface area contributed by atoms with Crippen LogP contribution in [0.5, 0.6) is 5.75 Å². The Morgan fingerprint density at radius 2 is 1.92 bits per heavy atom. The predicted molar refractivity (Wildman–Crippen MR) is 143 cm³/mol. The van der Waals surface area contributed by atoms with E-state index in [1.54, 1.807) is 13.8 Å². The Morgan fingerprint density at radius 1 is 1.16 bits per heavy atom. The van der Waals surface area contributed by atoms with Crippen LogP contribution in [0.3, 0.4) is 0 Å². The molecule has 6 nitrogen and oxygen atoms in total. The molecule has 2 aromatic rings. The van der Waals surface area contributed by atoms with Crippen LogP contribution in [0.2, 0.25) is 0 Å². The Labute approximate surface area is 225 Å². The van der Waals surface area contributed by atoms with Gasteiger partial charge in [-0.15, -0.1) is 24.9 Å². The van der Waals surface area contributed by atoms with Crippen LogP contribution in [-0.4, -0.2) is 46.2 Å². The molecule has 2 aromatic carbocycles. The average Bonchev–Trinajstić information content (AvgIpc) is 2.84. The summed E-state index contributed by atoms with van der Waals surface area (Å²) in [5, 5.41) is 11.6. The molecule has 0 saturated carbocycles. The molecule has 0 spiro atoms. The van der Waals surface area contributed by atoms with Crippen LogP contribution in [0.1, 0.15) is 62.6 Å². The smallest absolute Gasteiger partial charge is 0.480 e. The van der Waals surface area contributed by atoms with Crippen LogP contribution in [0, 0.1) is 6.92 Å². The molecule has 2 unspecified atom stereocenters. The summed E-state index contributed by atoms with van der Waals surface area (Å²) in [6.45, 7) is 6.00. The van der Waals surface area contributed by atoms with Crippen molar-refractivity contribution in [1.29, 1.82) is 0 Å². The number of ether oxygens (including phenoxy) is 1. The summed E-state index contributed by atoms with van der Waals surface area (Å²) in [6, 6.07) is 9.59. The van der Waals surface area contributed by atoms with Gasteiger partial charge in [-0.2, -0.15) is 0 Å². The van der Waals surface area contributed by atoms with Gasteiger partial charge in [-0.25, -0.2) is 4.79 Å². The molecule has 0 saturated heterocycles. The predicted octanol–water partition coefficient (Wildman–Crippen LogP) is 7.43. The number of aryl methyl sites for hydroxylation is 2. The number of carbonyl (C=O) groups is 2. The van der Waals surface area contributed by atoms with E-state index in [1.807, 2.05) is 17.0 Å². The standard InChI is InChI=1S/C28H35F3N2O4S/c1-4-5-6-7-14-33(27(36)32-25-13-11-23(15-18(25)2)37-28(29,30)31)22-10-8-21-17-24(12-9-20(21)16-22)38-19(3)26(34)35/h9,11-13,15,17,19,22H,4-8,10,14,16H2,1-3H3,(H,32,36)(H,34,35). The van der Waals surface area contributed by atoms with E-state index in [2.05, 4.69) is 23.0 Å². The van der Waals surface area contributed by atoms with E-state index in [4.69, 9.17) is 0 Å². The molecule has 0 aliphatic heterocycles. The van der Waals surface area contributed by atoms with Crippen molar-refractivity contribution in [2.24, 2.45) is 0 Å². The van der Waals surface area contributed by atoms with Crippen molar-refractivity contribution in [3.63, 3.8) is 0 Å². The first kappa shape index (κ1) is 29.7. The highest BCUT2D eigenvalue weighted by atomic mass is 32.2. The summed E-state index contributed by atoms with van der Waals surface area (Å²) in [4.78, 5) is 27.4. The van der Waals surface area contributed by atoms with Crippen molar-refractivity contribution < 1.29 is 32.6 Å². The number of carboxylic acid groups (broad SMARTS) is 1. The van der Waals surface area contributed by atoms with Crippen LogP contribution in [0.15, 0.2) is 41.3 Å². The molecule has 2 N–H and O–H groups in total. The molecule has 2 atom stereocenters. The van der Waals surface area contributed by atoms with Crippen molar-refractivity contribution >= 4 is 29.4 Å². The Balaban J connectivity index is 1.73. The van der Waals surface area contributed by atoms with E-state index in [1.165, 1.54) is 35.5 Å². The summed E-state index contributed by atoms with van der Waals surface area (Å²) >= 11 is 1.31. The van der Waals surface area contributed by atoms with Gasteiger partial charge >= 0.3 is 18.4 Å². The molecule has 0 radical (unpaired) electrons. The SMILES string of the molecule is CCCCCCN(C(=O)Nc1ccc(OC(F)(F)F)cc1C)C1CCc2cc(SC(C)C(=O)O)ccc2C1. The number of hydrogen-bond donors (Lipinski definition) is 2. The van der Waals surface area contributed by atoms with Gasteiger partial charge in [0.2, 0.25) is 0 Å². The number of aliphatic carboxylic acids is 1. The first-order valence-corrected chi connectivity index (χ1v) is 13.8. The zero-order valence-electron chi connectivity index (χ0n) is 21.9. The number of anilines is 1. The summed E-state index contributed by atoms with van der Waals surface area (Å²) in [5.74, 6) is -1.18. The summed E-state index contributed by atoms with van der Waals surface area (Å²) in [6.07, 6.45) is 1.49. The number of carboxylic acids is 1. The third kappa shape index (κ3) is 8.58. The van der Waals surface area contributed by atoms with Crippen molar-refractivity contribution in [3.8, 4) is 5.75 Å². The van der Waals surface area contributed by atoms with Crippen LogP contribution in [0.4, 0.5) is 23.7 Å². The number of rotatable bonds is 11. The van der Waals surface area contributed by atoms with Crippen molar-refractivity contribution in [2.45, 2.75) is 88.3 Å². The van der Waals surface area contributed by atoms with Gasteiger partial charge in [0.1, 0.15) is 11.0 Å². The van der Waals surface area contributed by atoms with Crippen LogP contribution >= 0.6 is 11.8 Å². The third-order valence-corrected chi connectivity index (χ3v) is 7.75. The number of amides is 2. The van der Waals surface area contributed by atoms with Crippen molar-refractivity contribution in [3.05, 3.63) is 53.1 Å². The van der Waals surface area contributed by atoms with Gasteiger partial charge < -0.3 is 20.1 Å². The molecule has 0 aromatic heterocycles. The van der Waals surface area contributed by atoms with E-state index >= 15 is 0 Å². The van der Waals surface area contributed by atoms with Gasteiger partial charge in [0.25, 0.3) is 0 Å². The van der Waals surface area contributed by atoms with E-state index in [0.717, 1.165) is 49.0 Å². The van der Waals surface area contributed by atoms with E-state index in [-0.39, 0.29) is 17.8 Å². The number of alkyl halides is 3. The van der Waals surface area contributed by atoms with Gasteiger partial charge in [-0.3, -0.25) is 4.79 Å². The maximum atomic E-state index is 13.4. The highest BCUT2D eigenvalue weighted by Crippen LogP contribution is 2.32. The molecular weight excluding hydrogens is 517 g/mol. The van der Waals surface area contributed by atoms with Gasteiger partial charge in [0.05, 0.1) is 0 Å². The molecule has 208 valence electrons. The second kappa shape index (κ2) is 13.3. The quantitative estimate of drug-likeness (QED) is 0.224. The molecule has 1 aliphatic carbocycles. The average molecular weight is 553 g/mol. The molecule has 0 fully saturated rings. The topological polar surface area (TPSA) is 78.9 Å². The first-order valence-electron chi connectivity index (χ1n) is 12.9. The number of unbranched alkanes of at least 4 members (excludes halogenated alkanes) is 3. The molecule has 1 aliphatic rings. The van der Waals surface area contributed by atoms with Crippen LogP contribution in [0.25, 0.3) is 0 Å². The number of nitrogens with zero attached hydrogens (tertiary/aromatic N) is 1. The number of hydrogen-bond acceptors (Lipinski definition) is 4. The number of urea groups is 1. The molecular formula is C28H35F3N2O4S. The fraction of sp³-hybridized carbons (Fsp3) is 0.500. The summed E-state index contributed by atoms with van der Waals surface area (Å²) in [7, 11) is 0. The lowest BCUT2D eigenvalue weighted by Gasteiger charge is -2.35. The van der Waals surface area contributed by atoms with E-state index in [9.17, 15) is 27.9 Å². The van der Waals surface area contributed by atoms with Crippen LogP contribution in [-0.2, 0) is 17.6 Å². The van der Waals surface area contributed by atoms with Crippen LogP contribution < -0.4 is 10.1 Å². The fourth-order valence-electron chi connectivity index (χ4n) is 4.63. The minimum Gasteiger partial charge on any atom is -0.480 e. The molecule has 2 amide bonds. The number of fused-ring (bicyclic) bond motifs is 1. The van der Waals surface area contributed by atoms with Crippen molar-refractivity contribution in [1.82, 2.24) is 4.90 Å². The van der Waals surface area contributed by atoms with Gasteiger partial charge in [-0.1, -0.05) is 32.3 Å². The molecule has 38 heavy (non-hydrogen) atoms. The van der Waals surface area contributed by atoms with E-state index in [0.29, 0.717) is 24.2 Å².